The van der Waals surface area contributed by atoms with Crippen molar-refractivity contribution in [3.05, 3.63) is 35.9 Å². The molecule has 1 aliphatic heterocycles. The first-order chi connectivity index (χ1) is 13.0. The number of amides is 1. The summed E-state index contributed by atoms with van der Waals surface area (Å²) in [5.74, 6) is 1.58. The summed E-state index contributed by atoms with van der Waals surface area (Å²) < 4.78 is 10.7. The van der Waals surface area contributed by atoms with Gasteiger partial charge in [-0.25, -0.2) is 0 Å². The zero-order valence-electron chi connectivity index (χ0n) is 16.7. The van der Waals surface area contributed by atoms with Crippen molar-refractivity contribution in [1.82, 2.24) is 10.2 Å². The Labute approximate surface area is 161 Å². The van der Waals surface area contributed by atoms with Crippen LogP contribution in [0.4, 0.5) is 0 Å². The fraction of sp³-hybridized carbons (Fsp3) is 0.524. The molecule has 0 bridgehead atoms. The van der Waals surface area contributed by atoms with Gasteiger partial charge in [-0.3, -0.25) is 9.59 Å². The molecule has 1 aromatic rings. The molecule has 6 heteroatoms. The fourth-order valence-electron chi connectivity index (χ4n) is 3.43. The number of nitrogens with one attached hydrogen (secondary N) is 1. The quantitative estimate of drug-likeness (QED) is 0.673. The number of hydrogen-bond acceptors (Lipinski definition) is 5. The summed E-state index contributed by atoms with van der Waals surface area (Å²) in [7, 11) is 5.09. The third-order valence-electron chi connectivity index (χ3n) is 4.97. The van der Waals surface area contributed by atoms with Gasteiger partial charge < -0.3 is 19.7 Å². The molecule has 2 rings (SSSR count). The van der Waals surface area contributed by atoms with Crippen LogP contribution in [0.1, 0.15) is 31.7 Å². The number of carbonyl (C=O) groups is 2. The Morgan fingerprint density at radius 1 is 1.37 bits per heavy atom. The van der Waals surface area contributed by atoms with E-state index in [-0.39, 0.29) is 23.7 Å². The molecule has 1 aliphatic rings. The molecule has 1 N–H and O–H groups in total. The van der Waals surface area contributed by atoms with Crippen LogP contribution in [0.5, 0.6) is 11.5 Å². The number of benzene rings is 1. The van der Waals surface area contributed by atoms with Crippen molar-refractivity contribution in [2.24, 2.45) is 5.92 Å². The summed E-state index contributed by atoms with van der Waals surface area (Å²) in [6.07, 6.45) is 5.95. The summed E-state index contributed by atoms with van der Waals surface area (Å²) in [6.45, 7) is 2.80. The van der Waals surface area contributed by atoms with Crippen molar-refractivity contribution in [2.75, 3.05) is 27.8 Å². The molecule has 0 aromatic heterocycles. The van der Waals surface area contributed by atoms with Crippen molar-refractivity contribution >= 4 is 11.7 Å². The van der Waals surface area contributed by atoms with Gasteiger partial charge in [-0.15, -0.1) is 0 Å². The van der Waals surface area contributed by atoms with Crippen molar-refractivity contribution in [1.29, 1.82) is 0 Å². The predicted molar refractivity (Wildman–Crippen MR) is 105 cm³/mol. The summed E-state index contributed by atoms with van der Waals surface area (Å²) >= 11 is 0. The van der Waals surface area contributed by atoms with Gasteiger partial charge in [-0.05, 0) is 51.4 Å². The molecular weight excluding hydrogens is 344 g/mol. The fourth-order valence-corrected chi connectivity index (χ4v) is 3.43. The Balaban J connectivity index is 2.07. The van der Waals surface area contributed by atoms with E-state index < -0.39 is 0 Å². The Morgan fingerprint density at radius 2 is 2.15 bits per heavy atom. The van der Waals surface area contributed by atoms with Gasteiger partial charge in [0.1, 0.15) is 11.5 Å². The van der Waals surface area contributed by atoms with Gasteiger partial charge in [0.25, 0.3) is 0 Å². The maximum atomic E-state index is 13.0. The monoisotopic (exact) mass is 374 g/mol. The third-order valence-corrected chi connectivity index (χ3v) is 4.97. The number of ketones is 1. The third kappa shape index (κ3) is 5.82. The summed E-state index contributed by atoms with van der Waals surface area (Å²) in [5.41, 5.74) is 0.967. The van der Waals surface area contributed by atoms with Crippen LogP contribution in [0.2, 0.25) is 0 Å². The van der Waals surface area contributed by atoms with Crippen molar-refractivity contribution in [2.45, 2.75) is 38.8 Å². The van der Waals surface area contributed by atoms with Gasteiger partial charge in [-0.2, -0.15) is 0 Å². The van der Waals surface area contributed by atoms with E-state index in [2.05, 4.69) is 5.32 Å². The summed E-state index contributed by atoms with van der Waals surface area (Å²) in [5, 5.41) is 3.18. The molecule has 1 amide bonds. The first-order valence-electron chi connectivity index (χ1n) is 9.34. The molecule has 1 aromatic carbocycles. The number of hydrogen-bond donors (Lipinski definition) is 1. The topological polar surface area (TPSA) is 67.9 Å². The molecule has 2 atom stereocenters. The van der Waals surface area contributed by atoms with Crippen LogP contribution in [0.25, 0.3) is 0 Å². The standard InChI is InChI=1S/C21H30N2O4/c1-15(24)7-9-18(22-2)12-16-6-5-11-23(21(16)25)14-17-8-10-19(26-3)13-20(17)27-4/h7-10,13,16,18,22H,5-6,11-12,14H2,1-4H3/b9-7+. The second-order valence-electron chi connectivity index (χ2n) is 6.88. The van der Waals surface area contributed by atoms with Gasteiger partial charge >= 0.3 is 0 Å². The Hall–Kier alpha value is -2.34. The molecule has 148 valence electrons. The van der Waals surface area contributed by atoms with E-state index in [1.807, 2.05) is 36.2 Å². The number of rotatable bonds is 9. The Bertz CT molecular complexity index is 687. The number of likely N-dealkylation sites (tertiary alicyclic amines) is 1. The first kappa shape index (κ1) is 21.0. The number of methoxy groups -OCH3 is 2. The lowest BCUT2D eigenvalue weighted by Gasteiger charge is -2.34. The predicted octanol–water partition coefficient (Wildman–Crippen LogP) is 2.57. The van der Waals surface area contributed by atoms with Gasteiger partial charge in [-0.1, -0.05) is 6.08 Å². The van der Waals surface area contributed by atoms with Crippen molar-refractivity contribution in [3.63, 3.8) is 0 Å². The lowest BCUT2D eigenvalue weighted by atomic mass is 9.90. The van der Waals surface area contributed by atoms with Crippen molar-refractivity contribution < 1.29 is 19.1 Å². The lowest BCUT2D eigenvalue weighted by Crippen LogP contribution is -2.42. The summed E-state index contributed by atoms with van der Waals surface area (Å²) in [4.78, 5) is 26.1. The molecule has 6 nitrogen and oxygen atoms in total. The smallest absolute Gasteiger partial charge is 0.226 e. The maximum absolute atomic E-state index is 13.0. The van der Waals surface area contributed by atoms with Crippen LogP contribution in [0, 0.1) is 5.92 Å². The number of likely N-dealkylation sites (N-methyl/N-ethyl adjacent to an activating group) is 1. The SMILES string of the molecule is CNC(/C=C/C(C)=O)CC1CCCN(Cc2ccc(OC)cc2OC)C1=O. The highest BCUT2D eigenvalue weighted by atomic mass is 16.5. The highest BCUT2D eigenvalue weighted by Crippen LogP contribution is 2.29. The average molecular weight is 374 g/mol. The number of ether oxygens (including phenoxy) is 2. The lowest BCUT2D eigenvalue weighted by molar-refractivity contribution is -0.139. The normalized spacial score (nSPS) is 18.6. The van der Waals surface area contributed by atoms with Crippen LogP contribution in [-0.2, 0) is 16.1 Å². The number of allylic oxidation sites excluding steroid dienone is 1. The average Bonchev–Trinajstić information content (AvgIpc) is 2.67. The van der Waals surface area contributed by atoms with E-state index in [4.69, 9.17) is 9.47 Å². The second-order valence-corrected chi connectivity index (χ2v) is 6.88. The summed E-state index contributed by atoms with van der Waals surface area (Å²) in [6, 6.07) is 5.68. The molecule has 1 heterocycles. The van der Waals surface area contributed by atoms with Gasteiger partial charge in [0.15, 0.2) is 5.78 Å². The number of carbonyl (C=O) groups excluding carboxylic acids is 2. The highest BCUT2D eigenvalue weighted by Gasteiger charge is 2.30. The molecule has 0 saturated carbocycles. The molecule has 1 fully saturated rings. The first-order valence-corrected chi connectivity index (χ1v) is 9.34. The maximum Gasteiger partial charge on any atom is 0.226 e. The van der Waals surface area contributed by atoms with Crippen LogP contribution < -0.4 is 14.8 Å². The van der Waals surface area contributed by atoms with E-state index in [9.17, 15) is 9.59 Å². The Morgan fingerprint density at radius 3 is 2.78 bits per heavy atom. The molecule has 27 heavy (non-hydrogen) atoms. The molecule has 1 saturated heterocycles. The Kier molecular flexibility index (Phi) is 7.85. The number of nitrogens with zero attached hydrogens (tertiary/aromatic N) is 1. The number of piperidine rings is 1. The molecular formula is C21H30N2O4. The molecule has 2 unspecified atom stereocenters. The van der Waals surface area contributed by atoms with Gasteiger partial charge in [0, 0.05) is 36.7 Å². The van der Waals surface area contributed by atoms with Gasteiger partial charge in [0.05, 0.1) is 14.2 Å². The largest absolute Gasteiger partial charge is 0.497 e. The molecule has 0 aliphatic carbocycles. The van der Waals surface area contributed by atoms with Crippen LogP contribution in [-0.4, -0.2) is 50.4 Å². The minimum atomic E-state index is -0.0444. The van der Waals surface area contributed by atoms with E-state index >= 15 is 0 Å². The van der Waals surface area contributed by atoms with Crippen LogP contribution >= 0.6 is 0 Å². The minimum Gasteiger partial charge on any atom is -0.497 e. The van der Waals surface area contributed by atoms with Crippen LogP contribution in [0.15, 0.2) is 30.4 Å². The zero-order valence-corrected chi connectivity index (χ0v) is 16.7. The van der Waals surface area contributed by atoms with E-state index in [0.29, 0.717) is 13.0 Å². The minimum absolute atomic E-state index is 0.0123. The second kappa shape index (κ2) is 10.1. The van der Waals surface area contributed by atoms with Crippen molar-refractivity contribution in [3.8, 4) is 11.5 Å². The molecule has 0 radical (unpaired) electrons. The van der Waals surface area contributed by atoms with Crippen LogP contribution in [0.3, 0.4) is 0 Å². The van der Waals surface area contributed by atoms with E-state index in [0.717, 1.165) is 36.4 Å². The van der Waals surface area contributed by atoms with E-state index in [1.54, 1.807) is 20.3 Å². The van der Waals surface area contributed by atoms with Gasteiger partial charge in [0.2, 0.25) is 5.91 Å². The zero-order chi connectivity index (χ0) is 19.8. The molecule has 0 spiro atoms. The van der Waals surface area contributed by atoms with E-state index in [1.165, 1.54) is 6.92 Å². The highest BCUT2D eigenvalue weighted by molar-refractivity contribution is 5.87.